The summed E-state index contributed by atoms with van der Waals surface area (Å²) < 4.78 is 16.1. The lowest BCUT2D eigenvalue weighted by Crippen LogP contribution is -2.39. The van der Waals surface area contributed by atoms with Gasteiger partial charge in [-0.15, -0.1) is 0 Å². The average Bonchev–Trinajstić information content (AvgIpc) is 2.42. The summed E-state index contributed by atoms with van der Waals surface area (Å²) in [6.07, 6.45) is -0.996. The van der Waals surface area contributed by atoms with E-state index in [0.29, 0.717) is 18.8 Å². The molecule has 0 radical (unpaired) electrons. The Hall–Kier alpha value is -0.750. The van der Waals surface area contributed by atoms with E-state index in [4.69, 9.17) is 14.2 Å². The van der Waals surface area contributed by atoms with Crippen LogP contribution in [0.5, 0.6) is 0 Å². The molecule has 0 aromatic heterocycles. The lowest BCUT2D eigenvalue weighted by atomic mass is 9.92. The quantitative estimate of drug-likeness (QED) is 0.747. The number of rotatable bonds is 6. The van der Waals surface area contributed by atoms with E-state index < -0.39 is 17.7 Å². The summed E-state index contributed by atoms with van der Waals surface area (Å²) in [5, 5.41) is 10.3. The summed E-state index contributed by atoms with van der Waals surface area (Å²) in [7, 11) is 0. The number of aliphatic hydroxyl groups is 1. The van der Waals surface area contributed by atoms with Crippen LogP contribution in [0.4, 0.5) is 0 Å². The molecule has 19 heavy (non-hydrogen) atoms. The third-order valence-corrected chi connectivity index (χ3v) is 3.29. The van der Waals surface area contributed by atoms with Crippen molar-refractivity contribution in [2.45, 2.75) is 59.2 Å². The predicted molar refractivity (Wildman–Crippen MR) is 70.5 cm³/mol. The van der Waals surface area contributed by atoms with Crippen LogP contribution in [0.1, 0.15) is 41.5 Å². The van der Waals surface area contributed by atoms with Gasteiger partial charge in [0, 0.05) is 13.2 Å². The van der Waals surface area contributed by atoms with Crippen molar-refractivity contribution in [3.63, 3.8) is 0 Å². The van der Waals surface area contributed by atoms with Gasteiger partial charge in [0.2, 0.25) is 12.1 Å². The second-order valence-corrected chi connectivity index (χ2v) is 5.20. The summed E-state index contributed by atoms with van der Waals surface area (Å²) in [5.41, 5.74) is 0.244. The molecule has 0 bridgehead atoms. The van der Waals surface area contributed by atoms with E-state index in [0.717, 1.165) is 0 Å². The molecule has 1 unspecified atom stereocenters. The highest BCUT2D eigenvalue weighted by molar-refractivity contribution is 6.00. The minimum absolute atomic E-state index is 0.226. The third kappa shape index (κ3) is 3.23. The number of hydrogen-bond acceptors (Lipinski definition) is 5. The molecule has 0 spiro atoms. The third-order valence-electron chi connectivity index (χ3n) is 3.29. The largest absolute Gasteiger partial charge is 0.362 e. The Bertz CT molecular complexity index is 375. The molecule has 0 aromatic rings. The van der Waals surface area contributed by atoms with Crippen LogP contribution in [-0.4, -0.2) is 41.8 Å². The lowest BCUT2D eigenvalue weighted by molar-refractivity contribution is -0.199. The minimum Gasteiger partial charge on any atom is -0.362 e. The van der Waals surface area contributed by atoms with Crippen LogP contribution in [0.25, 0.3) is 0 Å². The van der Waals surface area contributed by atoms with Gasteiger partial charge < -0.3 is 19.3 Å². The Morgan fingerprint density at radius 3 is 2.05 bits per heavy atom. The number of ether oxygens (including phenoxy) is 3. The van der Waals surface area contributed by atoms with E-state index in [9.17, 15) is 9.90 Å². The van der Waals surface area contributed by atoms with Crippen LogP contribution in [0.15, 0.2) is 11.1 Å². The Kier molecular flexibility index (Phi) is 4.90. The second kappa shape index (κ2) is 5.71. The zero-order valence-corrected chi connectivity index (χ0v) is 12.6. The van der Waals surface area contributed by atoms with E-state index >= 15 is 0 Å². The molecule has 0 aromatic carbocycles. The first-order valence-electron chi connectivity index (χ1n) is 6.59. The monoisotopic (exact) mass is 272 g/mol. The number of carbonyl (C=O) groups is 1. The number of ketones is 1. The maximum atomic E-state index is 12.5. The molecule has 1 N–H and O–H groups in total. The van der Waals surface area contributed by atoms with Gasteiger partial charge in [-0.05, 0) is 47.1 Å². The van der Waals surface area contributed by atoms with Crippen LogP contribution in [0.3, 0.4) is 0 Å². The summed E-state index contributed by atoms with van der Waals surface area (Å²) >= 11 is 0. The second-order valence-electron chi connectivity index (χ2n) is 5.20. The average molecular weight is 272 g/mol. The molecule has 1 aliphatic heterocycles. The molecule has 110 valence electrons. The van der Waals surface area contributed by atoms with Crippen molar-refractivity contribution >= 4 is 5.78 Å². The predicted octanol–water partition coefficient (Wildman–Crippen LogP) is 1.79. The molecular formula is C14H24O5. The summed E-state index contributed by atoms with van der Waals surface area (Å²) in [6.45, 7) is 11.2. The van der Waals surface area contributed by atoms with Gasteiger partial charge in [0.05, 0.1) is 11.2 Å². The van der Waals surface area contributed by atoms with Crippen LogP contribution in [-0.2, 0) is 19.0 Å². The number of Topliss-reactive ketones (excluding diaryl/α,β-unsaturated/α-hetero) is 1. The van der Waals surface area contributed by atoms with Crippen LogP contribution in [0, 0.1) is 0 Å². The molecule has 1 rings (SSSR count). The Balaban J connectivity index is 3.11. The highest BCUT2D eigenvalue weighted by atomic mass is 16.7. The highest BCUT2D eigenvalue weighted by Gasteiger charge is 2.49. The first-order valence-corrected chi connectivity index (χ1v) is 6.59. The van der Waals surface area contributed by atoms with Crippen LogP contribution < -0.4 is 0 Å². The molecule has 5 heteroatoms. The Morgan fingerprint density at radius 2 is 1.74 bits per heavy atom. The Morgan fingerprint density at radius 1 is 1.26 bits per heavy atom. The number of hydrogen-bond donors (Lipinski definition) is 1. The van der Waals surface area contributed by atoms with Crippen LogP contribution in [0.2, 0.25) is 0 Å². The van der Waals surface area contributed by atoms with E-state index in [2.05, 4.69) is 0 Å². The first kappa shape index (κ1) is 16.3. The standard InChI is InChI=1S/C14H24O5/c1-7-17-12(18-8-2)11(15)10-9(3)13(4,5)19-14(10,6)16/h12,16H,7-8H2,1-6H3. The van der Waals surface area contributed by atoms with Crippen molar-refractivity contribution in [3.05, 3.63) is 11.1 Å². The van der Waals surface area contributed by atoms with Crippen molar-refractivity contribution in [1.29, 1.82) is 0 Å². The van der Waals surface area contributed by atoms with Gasteiger partial charge in [0.25, 0.3) is 0 Å². The summed E-state index contributed by atoms with van der Waals surface area (Å²) in [4.78, 5) is 12.5. The molecule has 0 fully saturated rings. The maximum absolute atomic E-state index is 12.5. The minimum atomic E-state index is -1.61. The van der Waals surface area contributed by atoms with Gasteiger partial charge in [-0.2, -0.15) is 0 Å². The van der Waals surface area contributed by atoms with Crippen LogP contribution >= 0.6 is 0 Å². The van der Waals surface area contributed by atoms with Crippen molar-refractivity contribution in [1.82, 2.24) is 0 Å². The van der Waals surface area contributed by atoms with Gasteiger partial charge in [-0.3, -0.25) is 4.79 Å². The van der Waals surface area contributed by atoms with Gasteiger partial charge in [0.15, 0.2) is 5.79 Å². The SMILES string of the molecule is CCOC(OCC)C(=O)C1=C(C)C(C)(C)OC1(C)O. The van der Waals surface area contributed by atoms with Crippen molar-refractivity contribution in [2.24, 2.45) is 0 Å². The molecular weight excluding hydrogens is 248 g/mol. The molecule has 0 saturated heterocycles. The molecule has 5 nitrogen and oxygen atoms in total. The first-order chi connectivity index (χ1) is 8.67. The van der Waals surface area contributed by atoms with Crippen molar-refractivity contribution in [2.75, 3.05) is 13.2 Å². The molecule has 1 aliphatic rings. The van der Waals surface area contributed by atoms with Crippen molar-refractivity contribution < 1.29 is 24.1 Å². The molecule has 0 amide bonds. The van der Waals surface area contributed by atoms with Gasteiger partial charge in [0.1, 0.15) is 0 Å². The van der Waals surface area contributed by atoms with E-state index in [1.807, 2.05) is 13.8 Å². The smallest absolute Gasteiger partial charge is 0.222 e. The zero-order chi connectivity index (χ0) is 14.8. The Labute approximate surface area is 114 Å². The van der Waals surface area contributed by atoms with E-state index in [1.165, 1.54) is 6.92 Å². The number of carbonyl (C=O) groups excluding carboxylic acids is 1. The molecule has 1 atom stereocenters. The summed E-state index contributed by atoms with van der Waals surface area (Å²) in [5.74, 6) is -1.99. The fourth-order valence-electron chi connectivity index (χ4n) is 2.31. The van der Waals surface area contributed by atoms with Gasteiger partial charge >= 0.3 is 0 Å². The van der Waals surface area contributed by atoms with E-state index in [-0.39, 0.29) is 11.4 Å². The summed E-state index contributed by atoms with van der Waals surface area (Å²) in [6, 6.07) is 0. The lowest BCUT2D eigenvalue weighted by Gasteiger charge is -2.26. The highest BCUT2D eigenvalue weighted by Crippen LogP contribution is 2.41. The fourth-order valence-corrected chi connectivity index (χ4v) is 2.31. The van der Waals surface area contributed by atoms with Crippen molar-refractivity contribution in [3.8, 4) is 0 Å². The van der Waals surface area contributed by atoms with Gasteiger partial charge in [-0.1, -0.05) is 0 Å². The molecule has 0 aliphatic carbocycles. The topological polar surface area (TPSA) is 65.0 Å². The maximum Gasteiger partial charge on any atom is 0.222 e. The van der Waals surface area contributed by atoms with E-state index in [1.54, 1.807) is 20.8 Å². The molecule has 1 heterocycles. The normalized spacial score (nSPS) is 26.3. The fraction of sp³-hybridized carbons (Fsp3) is 0.786. The zero-order valence-electron chi connectivity index (χ0n) is 12.6. The molecule has 0 saturated carbocycles. The van der Waals surface area contributed by atoms with Gasteiger partial charge in [-0.25, -0.2) is 0 Å².